The normalized spacial score (nSPS) is 10.8. The summed E-state index contributed by atoms with van der Waals surface area (Å²) in [5, 5.41) is 2.77. The molecule has 0 unspecified atom stereocenters. The van der Waals surface area contributed by atoms with Crippen LogP contribution in [-0.2, 0) is 6.54 Å². The zero-order chi connectivity index (χ0) is 14.8. The second-order valence-electron chi connectivity index (χ2n) is 4.91. The summed E-state index contributed by atoms with van der Waals surface area (Å²) in [6, 6.07) is 9.84. The summed E-state index contributed by atoms with van der Waals surface area (Å²) >= 11 is 0. The van der Waals surface area contributed by atoms with Gasteiger partial charge in [-0.1, -0.05) is 18.2 Å². The molecule has 106 valence electrons. The van der Waals surface area contributed by atoms with Crippen LogP contribution in [0.15, 0.2) is 48.8 Å². The molecule has 0 radical (unpaired) electrons. The van der Waals surface area contributed by atoms with Crippen LogP contribution in [0.25, 0.3) is 5.65 Å². The molecule has 1 amide bonds. The largest absolute Gasteiger partial charge is 0.347 e. The molecule has 1 aromatic carbocycles. The Morgan fingerprint density at radius 1 is 1.19 bits per heavy atom. The van der Waals surface area contributed by atoms with E-state index in [1.165, 1.54) is 12.1 Å². The zero-order valence-corrected chi connectivity index (χ0v) is 11.5. The molecule has 0 fully saturated rings. The van der Waals surface area contributed by atoms with Crippen molar-refractivity contribution in [1.29, 1.82) is 0 Å². The molecule has 1 N–H and O–H groups in total. The second-order valence-corrected chi connectivity index (χ2v) is 4.91. The third-order valence-electron chi connectivity index (χ3n) is 3.20. The van der Waals surface area contributed by atoms with Gasteiger partial charge in [0.15, 0.2) is 0 Å². The number of benzene rings is 1. The van der Waals surface area contributed by atoms with Gasteiger partial charge in [-0.2, -0.15) is 0 Å². The fourth-order valence-corrected chi connectivity index (χ4v) is 2.09. The first-order valence-corrected chi connectivity index (χ1v) is 6.60. The quantitative estimate of drug-likeness (QED) is 0.803. The van der Waals surface area contributed by atoms with Crippen LogP contribution in [0, 0.1) is 12.7 Å². The fourth-order valence-electron chi connectivity index (χ4n) is 2.09. The van der Waals surface area contributed by atoms with Gasteiger partial charge in [0.05, 0.1) is 0 Å². The van der Waals surface area contributed by atoms with E-state index in [4.69, 9.17) is 0 Å². The van der Waals surface area contributed by atoms with Crippen LogP contribution < -0.4 is 5.32 Å². The zero-order valence-electron chi connectivity index (χ0n) is 11.5. The SMILES string of the molecule is Cc1ccc2nc(C(=O)NCc3ccc(F)cc3)cn2c1. The van der Waals surface area contributed by atoms with Crippen molar-refractivity contribution in [3.63, 3.8) is 0 Å². The lowest BCUT2D eigenvalue weighted by molar-refractivity contribution is 0.0946. The van der Waals surface area contributed by atoms with Crippen LogP contribution in [0.3, 0.4) is 0 Å². The Hall–Kier alpha value is -2.69. The number of halogens is 1. The Morgan fingerprint density at radius 2 is 1.95 bits per heavy atom. The average molecular weight is 283 g/mol. The summed E-state index contributed by atoms with van der Waals surface area (Å²) in [5.41, 5.74) is 3.03. The number of nitrogens with zero attached hydrogens (tertiary/aromatic N) is 2. The van der Waals surface area contributed by atoms with Crippen molar-refractivity contribution in [3.8, 4) is 0 Å². The van der Waals surface area contributed by atoms with Gasteiger partial charge in [0.1, 0.15) is 17.2 Å². The first kappa shape index (κ1) is 13.3. The second kappa shape index (κ2) is 5.36. The number of rotatable bonds is 3. The van der Waals surface area contributed by atoms with Gasteiger partial charge in [0.25, 0.3) is 5.91 Å². The average Bonchev–Trinajstić information content (AvgIpc) is 2.89. The van der Waals surface area contributed by atoms with Gasteiger partial charge < -0.3 is 9.72 Å². The Labute approximate surface area is 121 Å². The highest BCUT2D eigenvalue weighted by Gasteiger charge is 2.10. The predicted molar refractivity (Wildman–Crippen MR) is 77.5 cm³/mol. The number of hydrogen-bond donors (Lipinski definition) is 1. The highest BCUT2D eigenvalue weighted by Crippen LogP contribution is 2.08. The maximum absolute atomic E-state index is 12.8. The van der Waals surface area contributed by atoms with E-state index in [0.717, 1.165) is 16.8 Å². The number of amides is 1. The molecule has 0 aliphatic rings. The van der Waals surface area contributed by atoms with Crippen molar-refractivity contribution < 1.29 is 9.18 Å². The molecule has 2 aromatic heterocycles. The highest BCUT2D eigenvalue weighted by molar-refractivity contribution is 5.92. The topological polar surface area (TPSA) is 46.4 Å². The van der Waals surface area contributed by atoms with E-state index in [0.29, 0.717) is 12.2 Å². The Bertz CT molecular complexity index is 793. The molecule has 0 aliphatic heterocycles. The van der Waals surface area contributed by atoms with Crippen LogP contribution in [-0.4, -0.2) is 15.3 Å². The maximum atomic E-state index is 12.8. The van der Waals surface area contributed by atoms with Gasteiger partial charge in [-0.3, -0.25) is 4.79 Å². The van der Waals surface area contributed by atoms with E-state index >= 15 is 0 Å². The first-order valence-electron chi connectivity index (χ1n) is 6.60. The number of pyridine rings is 1. The van der Waals surface area contributed by atoms with E-state index in [1.54, 1.807) is 18.3 Å². The number of aromatic nitrogens is 2. The lowest BCUT2D eigenvalue weighted by Gasteiger charge is -2.03. The minimum Gasteiger partial charge on any atom is -0.347 e. The molecule has 4 nitrogen and oxygen atoms in total. The van der Waals surface area contributed by atoms with Crippen LogP contribution >= 0.6 is 0 Å². The van der Waals surface area contributed by atoms with Crippen LogP contribution in [0.5, 0.6) is 0 Å². The van der Waals surface area contributed by atoms with Crippen molar-refractivity contribution >= 4 is 11.6 Å². The summed E-state index contributed by atoms with van der Waals surface area (Å²) < 4.78 is 14.6. The molecule has 0 aliphatic carbocycles. The fraction of sp³-hybridized carbons (Fsp3) is 0.125. The van der Waals surface area contributed by atoms with Crippen LogP contribution in [0.2, 0.25) is 0 Å². The molecule has 3 rings (SSSR count). The Morgan fingerprint density at radius 3 is 2.71 bits per heavy atom. The van der Waals surface area contributed by atoms with Crippen LogP contribution in [0.1, 0.15) is 21.6 Å². The van der Waals surface area contributed by atoms with Crippen molar-refractivity contribution in [2.45, 2.75) is 13.5 Å². The van der Waals surface area contributed by atoms with E-state index in [9.17, 15) is 9.18 Å². The van der Waals surface area contributed by atoms with Gasteiger partial charge >= 0.3 is 0 Å². The number of aryl methyl sites for hydroxylation is 1. The van der Waals surface area contributed by atoms with E-state index in [-0.39, 0.29) is 11.7 Å². The molecule has 2 heterocycles. The molecule has 5 heteroatoms. The summed E-state index contributed by atoms with van der Waals surface area (Å²) in [6.45, 7) is 2.32. The minimum absolute atomic E-state index is 0.249. The minimum atomic E-state index is -0.291. The predicted octanol–water partition coefficient (Wildman–Crippen LogP) is 2.71. The van der Waals surface area contributed by atoms with Gasteiger partial charge in [0.2, 0.25) is 0 Å². The lowest BCUT2D eigenvalue weighted by Crippen LogP contribution is -2.23. The van der Waals surface area contributed by atoms with Crippen molar-refractivity contribution in [2.24, 2.45) is 0 Å². The Kier molecular flexibility index (Phi) is 3.39. The van der Waals surface area contributed by atoms with Gasteiger partial charge in [-0.15, -0.1) is 0 Å². The summed E-state index contributed by atoms with van der Waals surface area (Å²) in [7, 11) is 0. The summed E-state index contributed by atoms with van der Waals surface area (Å²) in [4.78, 5) is 16.3. The maximum Gasteiger partial charge on any atom is 0.271 e. The first-order chi connectivity index (χ1) is 10.1. The van der Waals surface area contributed by atoms with Gasteiger partial charge in [-0.25, -0.2) is 9.37 Å². The molecule has 0 spiro atoms. The third kappa shape index (κ3) is 2.91. The van der Waals surface area contributed by atoms with Gasteiger partial charge in [-0.05, 0) is 36.2 Å². The molecule has 0 saturated carbocycles. The number of carbonyl (C=O) groups excluding carboxylic acids is 1. The molecule has 0 atom stereocenters. The molecule has 3 aromatic rings. The summed E-state index contributed by atoms with van der Waals surface area (Å²) in [6.07, 6.45) is 3.61. The number of imidazole rings is 1. The molecule has 0 saturated heterocycles. The molecule has 21 heavy (non-hydrogen) atoms. The van der Waals surface area contributed by atoms with Crippen molar-refractivity contribution in [1.82, 2.24) is 14.7 Å². The summed E-state index contributed by atoms with van der Waals surface area (Å²) in [5.74, 6) is -0.540. The van der Waals surface area contributed by atoms with Crippen LogP contribution in [0.4, 0.5) is 4.39 Å². The van der Waals surface area contributed by atoms with E-state index in [1.807, 2.05) is 29.7 Å². The number of nitrogens with one attached hydrogen (secondary N) is 1. The van der Waals surface area contributed by atoms with Gasteiger partial charge in [0, 0.05) is 18.9 Å². The molecular formula is C16H14FN3O. The number of hydrogen-bond acceptors (Lipinski definition) is 2. The van der Waals surface area contributed by atoms with E-state index in [2.05, 4.69) is 10.3 Å². The number of fused-ring (bicyclic) bond motifs is 1. The lowest BCUT2D eigenvalue weighted by atomic mass is 10.2. The smallest absolute Gasteiger partial charge is 0.271 e. The van der Waals surface area contributed by atoms with E-state index < -0.39 is 0 Å². The molecular weight excluding hydrogens is 269 g/mol. The molecule has 0 bridgehead atoms. The monoisotopic (exact) mass is 283 g/mol. The van der Waals surface area contributed by atoms with Crippen molar-refractivity contribution in [3.05, 3.63) is 71.4 Å². The van der Waals surface area contributed by atoms with Crippen molar-refractivity contribution in [2.75, 3.05) is 0 Å². The number of carbonyl (C=O) groups is 1. The third-order valence-corrected chi connectivity index (χ3v) is 3.20. The Balaban J connectivity index is 1.73. The standard InChI is InChI=1S/C16H14FN3O/c1-11-2-7-15-19-14(10-20(15)9-11)16(21)18-8-12-3-5-13(17)6-4-12/h2-7,9-10H,8H2,1H3,(H,18,21). The highest BCUT2D eigenvalue weighted by atomic mass is 19.1.